The summed E-state index contributed by atoms with van der Waals surface area (Å²) < 4.78 is 20.7. The molecule has 1 aliphatic carbocycles. The van der Waals surface area contributed by atoms with Gasteiger partial charge >= 0.3 is 5.97 Å². The summed E-state index contributed by atoms with van der Waals surface area (Å²) in [5, 5.41) is 10.6. The molecule has 1 N–H and O–H groups in total. The number of rotatable bonds is 7. The average molecular weight is 637 g/mol. The van der Waals surface area contributed by atoms with Gasteiger partial charge in [-0.25, -0.2) is 9.78 Å². The third-order valence-corrected chi connectivity index (χ3v) is 9.93. The Bertz CT molecular complexity index is 1780. The van der Waals surface area contributed by atoms with E-state index in [1.54, 1.807) is 18.3 Å². The molecule has 12 heteroatoms. The number of para-hydroxylation sites is 1. The highest BCUT2D eigenvalue weighted by atomic mass is 35.5. The van der Waals surface area contributed by atoms with Crippen LogP contribution >= 0.6 is 23.2 Å². The van der Waals surface area contributed by atoms with Gasteiger partial charge in [0.2, 0.25) is 0 Å². The van der Waals surface area contributed by atoms with E-state index in [1.807, 2.05) is 25.1 Å². The Morgan fingerprint density at radius 1 is 1.09 bits per heavy atom. The molecule has 2 saturated heterocycles. The molecule has 4 aromatic rings. The van der Waals surface area contributed by atoms with E-state index in [4.69, 9.17) is 42.4 Å². The van der Waals surface area contributed by atoms with Crippen molar-refractivity contribution in [1.29, 1.82) is 0 Å². The Kier molecular flexibility index (Phi) is 6.68. The number of nitrogens with zero attached hydrogens (tertiary/aromatic N) is 5. The molecule has 3 fully saturated rings. The van der Waals surface area contributed by atoms with E-state index in [0.717, 1.165) is 61.7 Å². The van der Waals surface area contributed by atoms with Crippen LogP contribution in [0.5, 0.6) is 11.5 Å². The number of piperazine rings is 1. The standard InChI is InChI=1S/C32H31Cl2N5O5/c1-32(27-8-5-19(33)15-35-27)43-26-4-2-3-24(30(26)44-32)38-11-10-37(22-6-7-23(22)38)17-28-36-29-21(34)13-18(31(40)41)14-25(29)39(28)16-20-9-12-42-20/h2-5,8,13-15,20,22-23H,6-7,9-12,16-17H2,1H3,(H,40,41)/t20-,22+,23-,32-/m0/s1. The van der Waals surface area contributed by atoms with Gasteiger partial charge in [-0.15, -0.1) is 0 Å². The van der Waals surface area contributed by atoms with Gasteiger partial charge in [0.15, 0.2) is 11.5 Å². The molecule has 0 amide bonds. The SMILES string of the molecule is C[C@]1(c2ccc(Cl)cn2)Oc2cccc(N3CCN(Cc4nc5c(Cl)cc(C(=O)O)cc5n4C[C@@H]4CCO4)[C@@H]4CC[C@@H]43)c2O1. The zero-order valence-electron chi connectivity index (χ0n) is 24.1. The monoisotopic (exact) mass is 635 g/mol. The number of benzene rings is 2. The van der Waals surface area contributed by atoms with Crippen molar-refractivity contribution >= 4 is 45.9 Å². The molecule has 4 aliphatic rings. The van der Waals surface area contributed by atoms with Crippen molar-refractivity contribution in [2.45, 2.75) is 63.3 Å². The smallest absolute Gasteiger partial charge is 0.335 e. The first-order chi connectivity index (χ1) is 21.3. The summed E-state index contributed by atoms with van der Waals surface area (Å²) in [5.41, 5.74) is 3.20. The first-order valence-corrected chi connectivity index (χ1v) is 15.7. The number of carboxylic acid groups (broad SMARTS) is 1. The van der Waals surface area contributed by atoms with Gasteiger partial charge in [0.1, 0.15) is 17.0 Å². The second-order valence-corrected chi connectivity index (χ2v) is 12.9. The Morgan fingerprint density at radius 3 is 2.64 bits per heavy atom. The fourth-order valence-corrected chi connectivity index (χ4v) is 7.26. The fraction of sp³-hybridized carbons (Fsp3) is 0.406. The molecule has 0 radical (unpaired) electrons. The highest BCUT2D eigenvalue weighted by Crippen LogP contribution is 2.51. The minimum atomic E-state index is -1.05. The number of fused-ring (bicyclic) bond motifs is 3. The number of carbonyl (C=O) groups is 1. The van der Waals surface area contributed by atoms with Crippen LogP contribution in [0.3, 0.4) is 0 Å². The van der Waals surface area contributed by atoms with Crippen LogP contribution in [-0.2, 0) is 23.6 Å². The lowest BCUT2D eigenvalue weighted by Gasteiger charge is -2.54. The maximum Gasteiger partial charge on any atom is 0.335 e. The molecule has 0 bridgehead atoms. The predicted molar refractivity (Wildman–Crippen MR) is 165 cm³/mol. The second kappa shape index (κ2) is 10.5. The molecule has 1 saturated carbocycles. The number of aromatic carboxylic acids is 1. The van der Waals surface area contributed by atoms with E-state index < -0.39 is 11.8 Å². The number of ether oxygens (including phenoxy) is 3. The lowest BCUT2D eigenvalue weighted by atomic mass is 9.81. The molecule has 3 aliphatic heterocycles. The summed E-state index contributed by atoms with van der Waals surface area (Å²) in [7, 11) is 0. The molecular weight excluding hydrogens is 605 g/mol. The molecule has 0 spiro atoms. The third kappa shape index (κ3) is 4.58. The summed E-state index contributed by atoms with van der Waals surface area (Å²) in [6.45, 7) is 5.53. The van der Waals surface area contributed by atoms with Crippen molar-refractivity contribution < 1.29 is 24.1 Å². The van der Waals surface area contributed by atoms with Crippen molar-refractivity contribution in [1.82, 2.24) is 19.4 Å². The molecule has 8 rings (SSSR count). The quantitative estimate of drug-likeness (QED) is 0.273. The normalized spacial score (nSPS) is 25.9. The number of aromatic nitrogens is 3. The van der Waals surface area contributed by atoms with E-state index in [1.165, 1.54) is 6.07 Å². The lowest BCUT2D eigenvalue weighted by Crippen LogP contribution is -2.64. The average Bonchev–Trinajstić information content (AvgIpc) is 3.49. The number of hydrogen-bond donors (Lipinski definition) is 1. The zero-order chi connectivity index (χ0) is 30.2. The van der Waals surface area contributed by atoms with Gasteiger partial charge in [0, 0.05) is 44.9 Å². The molecule has 228 valence electrons. The summed E-state index contributed by atoms with van der Waals surface area (Å²) in [6, 6.07) is 13.5. The van der Waals surface area contributed by atoms with Crippen molar-refractivity contribution in [3.63, 3.8) is 0 Å². The van der Waals surface area contributed by atoms with Crippen LogP contribution in [0.25, 0.3) is 11.0 Å². The van der Waals surface area contributed by atoms with Crippen LogP contribution in [0.4, 0.5) is 5.69 Å². The molecule has 2 aromatic heterocycles. The van der Waals surface area contributed by atoms with Crippen LogP contribution in [0.15, 0.2) is 48.7 Å². The largest absolute Gasteiger partial charge is 0.478 e. The molecule has 4 atom stereocenters. The number of hydrogen-bond acceptors (Lipinski definition) is 8. The fourth-order valence-electron chi connectivity index (χ4n) is 6.90. The van der Waals surface area contributed by atoms with Gasteiger partial charge in [0.05, 0.1) is 46.0 Å². The van der Waals surface area contributed by atoms with Crippen molar-refractivity contribution in [2.75, 3.05) is 24.6 Å². The summed E-state index contributed by atoms with van der Waals surface area (Å²) in [6.07, 6.45) is 4.80. The van der Waals surface area contributed by atoms with Crippen molar-refractivity contribution in [3.05, 3.63) is 75.8 Å². The first-order valence-electron chi connectivity index (χ1n) is 14.9. The van der Waals surface area contributed by atoms with Gasteiger partial charge < -0.3 is 28.8 Å². The van der Waals surface area contributed by atoms with Gasteiger partial charge in [-0.05, 0) is 55.7 Å². The Balaban J connectivity index is 1.06. The van der Waals surface area contributed by atoms with Crippen LogP contribution < -0.4 is 14.4 Å². The Labute approximate surface area is 264 Å². The minimum Gasteiger partial charge on any atom is -0.478 e. The molecule has 2 aromatic carbocycles. The van der Waals surface area contributed by atoms with Crippen molar-refractivity contribution in [3.8, 4) is 11.5 Å². The topological polar surface area (TPSA) is 102 Å². The Morgan fingerprint density at radius 2 is 1.93 bits per heavy atom. The predicted octanol–water partition coefficient (Wildman–Crippen LogP) is 5.72. The van der Waals surface area contributed by atoms with Gasteiger partial charge in [0.25, 0.3) is 5.79 Å². The number of anilines is 1. The third-order valence-electron chi connectivity index (χ3n) is 9.42. The van der Waals surface area contributed by atoms with Gasteiger partial charge in [-0.3, -0.25) is 9.88 Å². The maximum absolute atomic E-state index is 11.8. The molecule has 44 heavy (non-hydrogen) atoms. The number of pyridine rings is 1. The van der Waals surface area contributed by atoms with Gasteiger partial charge in [-0.1, -0.05) is 29.3 Å². The van der Waals surface area contributed by atoms with E-state index in [0.29, 0.717) is 52.2 Å². The van der Waals surface area contributed by atoms with Crippen molar-refractivity contribution in [2.24, 2.45) is 0 Å². The molecular formula is C32H31Cl2N5O5. The first kappa shape index (κ1) is 27.9. The number of imidazole rings is 1. The van der Waals surface area contributed by atoms with E-state index >= 15 is 0 Å². The number of halogens is 2. The molecule has 5 heterocycles. The molecule has 0 unspecified atom stereocenters. The van der Waals surface area contributed by atoms with Crippen LogP contribution in [0, 0.1) is 0 Å². The van der Waals surface area contributed by atoms with Crippen LogP contribution in [0.2, 0.25) is 10.0 Å². The molecule has 10 nitrogen and oxygen atoms in total. The van der Waals surface area contributed by atoms with E-state index in [2.05, 4.69) is 25.4 Å². The lowest BCUT2D eigenvalue weighted by molar-refractivity contribution is -0.0717. The summed E-state index contributed by atoms with van der Waals surface area (Å²) in [5.74, 6) is 0.252. The van der Waals surface area contributed by atoms with E-state index in [9.17, 15) is 9.90 Å². The van der Waals surface area contributed by atoms with Gasteiger partial charge in [-0.2, -0.15) is 0 Å². The Hall–Kier alpha value is -3.57. The second-order valence-electron chi connectivity index (χ2n) is 12.0. The van der Waals surface area contributed by atoms with Crippen LogP contribution in [0.1, 0.15) is 48.1 Å². The minimum absolute atomic E-state index is 0.0860. The highest BCUT2D eigenvalue weighted by Gasteiger charge is 2.47. The zero-order valence-corrected chi connectivity index (χ0v) is 25.6. The highest BCUT2D eigenvalue weighted by molar-refractivity contribution is 6.35. The summed E-state index contributed by atoms with van der Waals surface area (Å²) in [4.78, 5) is 26.2. The van der Waals surface area contributed by atoms with Crippen LogP contribution in [-0.4, -0.2) is 68.4 Å². The maximum atomic E-state index is 11.8. The van der Waals surface area contributed by atoms with E-state index in [-0.39, 0.29) is 11.7 Å². The summed E-state index contributed by atoms with van der Waals surface area (Å²) >= 11 is 12.6. The number of carboxylic acids is 1.